The summed E-state index contributed by atoms with van der Waals surface area (Å²) in [5.74, 6) is -2.81. The van der Waals surface area contributed by atoms with Crippen molar-refractivity contribution >= 4 is 16.7 Å². The van der Waals surface area contributed by atoms with Crippen LogP contribution in [0.3, 0.4) is 0 Å². The normalized spacial score (nSPS) is 11.6. The van der Waals surface area contributed by atoms with Crippen molar-refractivity contribution < 1.29 is 36.2 Å². The Hall–Kier alpha value is -1.77. The van der Waals surface area contributed by atoms with Gasteiger partial charge in [0.1, 0.15) is 16.5 Å². The summed E-state index contributed by atoms with van der Waals surface area (Å²) in [6.07, 6.45) is -4.99. The van der Waals surface area contributed by atoms with Gasteiger partial charge in [0, 0.05) is 5.56 Å². The molecule has 106 valence electrons. The molecule has 5 nitrogen and oxygen atoms in total. The molecule has 0 aliphatic carbocycles. The van der Waals surface area contributed by atoms with Gasteiger partial charge in [-0.05, 0) is 24.6 Å². The van der Waals surface area contributed by atoms with E-state index >= 15 is 0 Å². The van der Waals surface area contributed by atoms with Gasteiger partial charge in [0.25, 0.3) is 0 Å². The smallest absolute Gasteiger partial charge is 0.478 e. The Balaban J connectivity index is 3.35. The zero-order chi connectivity index (χ0) is 14.8. The van der Waals surface area contributed by atoms with E-state index in [1.807, 2.05) is 0 Å². The highest BCUT2D eigenvalue weighted by molar-refractivity contribution is 7.71. The number of hydrogen-bond acceptors (Lipinski definition) is 4. The Bertz CT molecular complexity index is 569. The van der Waals surface area contributed by atoms with Crippen LogP contribution in [0.5, 0.6) is 5.75 Å². The molecule has 0 aliphatic rings. The first-order chi connectivity index (χ1) is 8.60. The largest absolute Gasteiger partial charge is 0.573 e. The van der Waals surface area contributed by atoms with Crippen molar-refractivity contribution in [2.45, 2.75) is 19.0 Å². The van der Waals surface area contributed by atoms with Crippen LogP contribution in [0.25, 0.3) is 0 Å². The topological polar surface area (TPSA) is 80.7 Å². The number of alkyl halides is 3. The van der Waals surface area contributed by atoms with E-state index in [0.717, 1.165) is 12.1 Å². The van der Waals surface area contributed by atoms with Gasteiger partial charge in [-0.15, -0.1) is 13.2 Å². The van der Waals surface area contributed by atoms with Crippen LogP contribution in [-0.2, 0) is 16.5 Å². The maximum absolute atomic E-state index is 12.2. The van der Waals surface area contributed by atoms with Gasteiger partial charge in [-0.25, -0.2) is 13.2 Å². The summed E-state index contributed by atoms with van der Waals surface area (Å²) in [4.78, 5) is 10.8. The quantitative estimate of drug-likeness (QED) is 0.827. The van der Waals surface area contributed by atoms with Crippen LogP contribution in [0, 0.1) is 6.92 Å². The van der Waals surface area contributed by atoms with E-state index in [-0.39, 0.29) is 16.7 Å². The van der Waals surface area contributed by atoms with Crippen molar-refractivity contribution in [3.63, 3.8) is 0 Å². The van der Waals surface area contributed by atoms with Gasteiger partial charge in [-0.3, -0.25) is 0 Å². The van der Waals surface area contributed by atoms with Gasteiger partial charge in [0.2, 0.25) is 0 Å². The monoisotopic (exact) mass is 298 g/mol. The fourth-order valence-electron chi connectivity index (χ4n) is 1.44. The minimum atomic E-state index is -4.99. The first-order valence-electron chi connectivity index (χ1n) is 4.84. The molecular formula is C10H9F3O5S. The molecule has 0 saturated carbocycles. The van der Waals surface area contributed by atoms with Crippen LogP contribution >= 0.6 is 0 Å². The third-order valence-corrected chi connectivity index (χ3v) is 2.76. The molecule has 0 aromatic heterocycles. The summed E-state index contributed by atoms with van der Waals surface area (Å²) in [6.45, 7) is 1.29. The van der Waals surface area contributed by atoms with Gasteiger partial charge >= 0.3 is 12.3 Å². The predicted molar refractivity (Wildman–Crippen MR) is 58.8 cm³/mol. The fourth-order valence-corrected chi connectivity index (χ4v) is 1.96. The lowest BCUT2D eigenvalue weighted by Gasteiger charge is -2.14. The lowest BCUT2D eigenvalue weighted by Crippen LogP contribution is -2.19. The number of benzene rings is 1. The van der Waals surface area contributed by atoms with Gasteiger partial charge in [0.15, 0.2) is 0 Å². The van der Waals surface area contributed by atoms with Crippen LogP contribution < -0.4 is 4.74 Å². The molecule has 0 spiro atoms. The molecule has 0 unspecified atom stereocenters. The number of halogens is 3. The Kier molecular flexibility index (Phi) is 4.40. The molecule has 0 heterocycles. The lowest BCUT2D eigenvalue weighted by atomic mass is 10.0. The zero-order valence-corrected chi connectivity index (χ0v) is 10.4. The Morgan fingerprint density at radius 2 is 1.95 bits per heavy atom. The molecule has 0 amide bonds. The molecule has 19 heavy (non-hydrogen) atoms. The van der Waals surface area contributed by atoms with E-state index in [1.54, 1.807) is 0 Å². The Morgan fingerprint density at radius 1 is 1.37 bits per heavy atom. The third kappa shape index (κ3) is 4.43. The molecule has 0 fully saturated rings. The van der Waals surface area contributed by atoms with Crippen LogP contribution in [0.4, 0.5) is 13.2 Å². The third-order valence-electron chi connectivity index (χ3n) is 2.16. The number of aromatic carboxylic acids is 1. The highest BCUT2D eigenvalue weighted by atomic mass is 32.2. The number of aryl methyl sites for hydroxylation is 1. The van der Waals surface area contributed by atoms with Gasteiger partial charge in [-0.2, -0.15) is 0 Å². The molecule has 0 aliphatic heterocycles. The average Bonchev–Trinajstić information content (AvgIpc) is 2.18. The minimum absolute atomic E-state index is 0.0385. The van der Waals surface area contributed by atoms with Crippen molar-refractivity contribution in [3.05, 3.63) is 28.8 Å². The van der Waals surface area contributed by atoms with Crippen LogP contribution in [0.15, 0.2) is 12.1 Å². The SMILES string of the molecule is Cc1cc(OC(F)(F)F)c(C[SH](=O)=O)cc1C(=O)O. The van der Waals surface area contributed by atoms with Crippen molar-refractivity contribution in [2.75, 3.05) is 0 Å². The highest BCUT2D eigenvalue weighted by Crippen LogP contribution is 2.29. The summed E-state index contributed by atoms with van der Waals surface area (Å²) in [5, 5.41) is 8.83. The predicted octanol–water partition coefficient (Wildman–Crippen LogP) is 1.70. The number of carboxylic acid groups (broad SMARTS) is 1. The van der Waals surface area contributed by atoms with E-state index in [9.17, 15) is 26.4 Å². The second-order valence-electron chi connectivity index (χ2n) is 3.62. The maximum atomic E-state index is 12.2. The standard InChI is InChI=1S/C10H9F3O5S/c1-5-2-8(18-10(11,12)13)6(4-19(16)17)3-7(5)9(14)15/h2-3,19H,4H2,1H3,(H,14,15). The molecule has 1 N–H and O–H groups in total. The van der Waals surface area contributed by atoms with E-state index in [1.165, 1.54) is 6.92 Å². The van der Waals surface area contributed by atoms with Crippen molar-refractivity contribution in [1.82, 2.24) is 0 Å². The van der Waals surface area contributed by atoms with E-state index < -0.39 is 34.5 Å². The fraction of sp³-hybridized carbons (Fsp3) is 0.300. The maximum Gasteiger partial charge on any atom is 0.573 e. The molecule has 0 radical (unpaired) electrons. The number of carbonyl (C=O) groups is 1. The molecular weight excluding hydrogens is 289 g/mol. The van der Waals surface area contributed by atoms with Crippen molar-refractivity contribution in [2.24, 2.45) is 0 Å². The highest BCUT2D eigenvalue weighted by Gasteiger charge is 2.32. The van der Waals surface area contributed by atoms with Gasteiger partial charge in [0.05, 0.1) is 11.3 Å². The summed E-state index contributed by atoms with van der Waals surface area (Å²) in [6, 6.07) is 1.72. The van der Waals surface area contributed by atoms with E-state index in [2.05, 4.69) is 4.74 Å². The number of ether oxygens (including phenoxy) is 1. The van der Waals surface area contributed by atoms with Crippen molar-refractivity contribution in [3.8, 4) is 5.75 Å². The van der Waals surface area contributed by atoms with E-state index in [4.69, 9.17) is 5.11 Å². The van der Waals surface area contributed by atoms with Gasteiger partial charge in [-0.1, -0.05) is 0 Å². The molecule has 9 heteroatoms. The van der Waals surface area contributed by atoms with Crippen LogP contribution in [0.2, 0.25) is 0 Å². The lowest BCUT2D eigenvalue weighted by molar-refractivity contribution is -0.274. The summed E-state index contributed by atoms with van der Waals surface area (Å²) in [7, 11) is -3.02. The molecule has 0 atom stereocenters. The molecule has 1 aromatic rings. The number of carboxylic acids is 1. The number of hydrogen-bond donors (Lipinski definition) is 2. The second-order valence-corrected chi connectivity index (χ2v) is 4.60. The first kappa shape index (κ1) is 15.3. The molecule has 0 bridgehead atoms. The zero-order valence-electron chi connectivity index (χ0n) is 9.52. The summed E-state index contributed by atoms with van der Waals surface area (Å²) >= 11 is 0. The average molecular weight is 298 g/mol. The summed E-state index contributed by atoms with van der Waals surface area (Å²) in [5.41, 5.74) is -0.588. The number of rotatable bonds is 4. The van der Waals surface area contributed by atoms with Crippen LogP contribution in [0.1, 0.15) is 21.5 Å². The molecule has 1 rings (SSSR count). The van der Waals surface area contributed by atoms with Gasteiger partial charge < -0.3 is 9.84 Å². The van der Waals surface area contributed by atoms with Crippen molar-refractivity contribution in [1.29, 1.82) is 0 Å². The Morgan fingerprint density at radius 3 is 2.37 bits per heavy atom. The first-order valence-corrected chi connectivity index (χ1v) is 6.21. The Labute approximate surface area is 107 Å². The summed E-state index contributed by atoms with van der Waals surface area (Å²) < 4.78 is 61.4. The minimum Gasteiger partial charge on any atom is -0.478 e. The second kappa shape index (κ2) is 5.47. The molecule has 1 aromatic carbocycles. The number of thiol groups is 1. The molecule has 0 saturated heterocycles. The van der Waals surface area contributed by atoms with E-state index in [0.29, 0.717) is 0 Å². The van der Waals surface area contributed by atoms with Crippen LogP contribution in [-0.4, -0.2) is 25.9 Å².